The predicted molar refractivity (Wildman–Crippen MR) is 301 cm³/mol. The van der Waals surface area contributed by atoms with Crippen LogP contribution in [0.1, 0.15) is 22.3 Å². The summed E-state index contributed by atoms with van der Waals surface area (Å²) in [6.07, 6.45) is 0. The number of ether oxygens (including phenoxy) is 2. The Morgan fingerprint density at radius 2 is 0.603 bits per heavy atom. The quantitative estimate of drug-likeness (QED) is 0.128. The second kappa shape index (κ2) is 18.4. The monoisotopic (exact) mass is 942 g/mol. The topological polar surface area (TPSA) is 58.9 Å². The van der Waals surface area contributed by atoms with Crippen molar-refractivity contribution in [3.05, 3.63) is 265 Å². The maximum absolute atomic E-state index is 9.58. The van der Waals surface area contributed by atoms with E-state index in [-0.39, 0.29) is 26.4 Å². The van der Waals surface area contributed by atoms with E-state index < -0.39 is 5.41 Å². The summed E-state index contributed by atoms with van der Waals surface area (Å²) in [7, 11) is 0. The Kier molecular flexibility index (Phi) is 11.1. The highest BCUT2D eigenvalue weighted by molar-refractivity contribution is 5.98. The van der Waals surface area contributed by atoms with Crippen LogP contribution in [-0.4, -0.2) is 36.6 Å². The summed E-state index contributed by atoms with van der Waals surface area (Å²) < 4.78 is 11.8. The average Bonchev–Trinajstić information content (AvgIpc) is 3.76. The Hall–Kier alpha value is -8.80. The lowest BCUT2D eigenvalue weighted by atomic mass is 9.66. The van der Waals surface area contributed by atoms with Crippen LogP contribution in [0.5, 0.6) is 11.5 Å². The molecule has 0 spiro atoms. The molecule has 0 radical (unpaired) electrons. The Morgan fingerprint density at radius 3 is 1.03 bits per heavy atom. The normalized spacial score (nSPS) is 12.6. The van der Waals surface area contributed by atoms with Gasteiger partial charge in [0.15, 0.2) is 0 Å². The Labute approximate surface area is 424 Å². The zero-order chi connectivity index (χ0) is 48.9. The van der Waals surface area contributed by atoms with Gasteiger partial charge in [0.05, 0.1) is 18.6 Å². The molecule has 350 valence electrons. The fraction of sp³-hybridized carbons (Fsp3) is 0.0725. The highest BCUT2D eigenvalue weighted by Crippen LogP contribution is 2.58. The maximum atomic E-state index is 9.58. The minimum absolute atomic E-state index is 0.0511. The molecule has 0 heterocycles. The van der Waals surface area contributed by atoms with Crippen LogP contribution in [0.2, 0.25) is 0 Å². The molecular formula is C69H50O4. The zero-order valence-corrected chi connectivity index (χ0v) is 40.1. The molecule has 1 aliphatic carbocycles. The van der Waals surface area contributed by atoms with Gasteiger partial charge < -0.3 is 19.7 Å². The minimum atomic E-state index is -0.799. The van der Waals surface area contributed by atoms with Crippen molar-refractivity contribution < 1.29 is 19.7 Å². The molecule has 0 saturated heterocycles. The summed E-state index contributed by atoms with van der Waals surface area (Å²) in [6, 6.07) is 88.7. The molecule has 12 aromatic rings. The van der Waals surface area contributed by atoms with Crippen LogP contribution in [0.15, 0.2) is 243 Å². The number of aliphatic hydroxyl groups excluding tert-OH is 2. The third-order valence-electron chi connectivity index (χ3n) is 14.9. The van der Waals surface area contributed by atoms with Crippen LogP contribution in [0.4, 0.5) is 0 Å². The molecule has 0 unspecified atom stereocenters. The van der Waals surface area contributed by atoms with Crippen molar-refractivity contribution in [3.8, 4) is 67.1 Å². The number of rotatable bonds is 12. The van der Waals surface area contributed by atoms with E-state index in [0.717, 1.165) is 55.3 Å². The van der Waals surface area contributed by atoms with E-state index in [4.69, 9.17) is 9.47 Å². The lowest BCUT2D eigenvalue weighted by molar-refractivity contribution is 0.201. The lowest BCUT2D eigenvalue weighted by Gasteiger charge is -2.35. The van der Waals surface area contributed by atoms with Crippen LogP contribution in [-0.2, 0) is 5.41 Å². The van der Waals surface area contributed by atoms with Crippen molar-refractivity contribution in [1.82, 2.24) is 0 Å². The van der Waals surface area contributed by atoms with Gasteiger partial charge in [-0.25, -0.2) is 0 Å². The molecule has 0 aliphatic heterocycles. The Morgan fingerprint density at radius 1 is 0.274 bits per heavy atom. The second-order valence-corrected chi connectivity index (χ2v) is 19.1. The minimum Gasteiger partial charge on any atom is -0.491 e. The van der Waals surface area contributed by atoms with Gasteiger partial charge in [0, 0.05) is 0 Å². The number of hydrogen-bond donors (Lipinski definition) is 2. The molecule has 73 heavy (non-hydrogen) atoms. The first-order valence-corrected chi connectivity index (χ1v) is 25.1. The standard InChI is InChI=1S/C69H50O4/c70-33-35-72-59-29-23-49-39-57(27-21-51(49)41-59)69(58-28-22-52-42-60(73-36-34-71)30-24-50(52)40-58)67-43-55(63-15-7-5-13-61(63)53-19-17-45-9-1-3-11-47(45)37-53)25-31-65(67)66-32-26-56(44-68(66)69)64-16-8-6-14-62(64)54-20-18-46-10-2-4-12-48(46)38-54/h1-32,37-44,70-71H,33-36H2. The Balaban J connectivity index is 1.08. The summed E-state index contributed by atoms with van der Waals surface area (Å²) in [5.74, 6) is 1.45. The third-order valence-corrected chi connectivity index (χ3v) is 14.9. The molecule has 0 saturated carbocycles. The van der Waals surface area contributed by atoms with Gasteiger partial charge >= 0.3 is 0 Å². The van der Waals surface area contributed by atoms with Gasteiger partial charge in [-0.15, -0.1) is 0 Å². The summed E-state index contributed by atoms with van der Waals surface area (Å²) in [5.41, 5.74) is 15.6. The van der Waals surface area contributed by atoms with Gasteiger partial charge in [0.25, 0.3) is 0 Å². The first-order valence-electron chi connectivity index (χ1n) is 25.1. The van der Waals surface area contributed by atoms with E-state index in [1.165, 1.54) is 77.2 Å². The van der Waals surface area contributed by atoms with Crippen LogP contribution < -0.4 is 9.47 Å². The molecule has 0 fully saturated rings. The maximum Gasteiger partial charge on any atom is 0.120 e. The molecular weight excluding hydrogens is 893 g/mol. The van der Waals surface area contributed by atoms with Crippen LogP contribution >= 0.6 is 0 Å². The first-order chi connectivity index (χ1) is 36.0. The van der Waals surface area contributed by atoms with E-state index in [0.29, 0.717) is 0 Å². The molecule has 13 rings (SSSR count). The van der Waals surface area contributed by atoms with Gasteiger partial charge in [-0.3, -0.25) is 0 Å². The van der Waals surface area contributed by atoms with Crippen LogP contribution in [0, 0.1) is 0 Å². The van der Waals surface area contributed by atoms with Crippen molar-refractivity contribution in [2.45, 2.75) is 5.41 Å². The van der Waals surface area contributed by atoms with Gasteiger partial charge in [-0.2, -0.15) is 0 Å². The summed E-state index contributed by atoms with van der Waals surface area (Å²) in [4.78, 5) is 0. The summed E-state index contributed by atoms with van der Waals surface area (Å²) in [5, 5.41) is 28.3. The highest BCUT2D eigenvalue weighted by Gasteiger charge is 2.47. The smallest absolute Gasteiger partial charge is 0.120 e. The van der Waals surface area contributed by atoms with Crippen LogP contribution in [0.25, 0.3) is 98.7 Å². The molecule has 2 N–H and O–H groups in total. The molecule has 4 nitrogen and oxygen atoms in total. The number of aliphatic hydroxyl groups is 2. The molecule has 0 amide bonds. The molecule has 0 atom stereocenters. The van der Waals surface area contributed by atoms with Crippen molar-refractivity contribution >= 4 is 43.1 Å². The third kappa shape index (κ3) is 7.71. The van der Waals surface area contributed by atoms with Crippen molar-refractivity contribution in [1.29, 1.82) is 0 Å². The van der Waals surface area contributed by atoms with E-state index in [1.807, 2.05) is 12.1 Å². The number of benzene rings is 12. The molecule has 12 aromatic carbocycles. The van der Waals surface area contributed by atoms with E-state index in [1.54, 1.807) is 0 Å². The van der Waals surface area contributed by atoms with Crippen molar-refractivity contribution in [2.75, 3.05) is 26.4 Å². The molecule has 4 heteroatoms. The Bertz CT molecular complexity index is 3830. The molecule has 0 aromatic heterocycles. The highest BCUT2D eigenvalue weighted by atomic mass is 16.5. The van der Waals surface area contributed by atoms with E-state index in [9.17, 15) is 10.2 Å². The lowest BCUT2D eigenvalue weighted by Crippen LogP contribution is -2.28. The van der Waals surface area contributed by atoms with Gasteiger partial charge in [0.1, 0.15) is 24.7 Å². The van der Waals surface area contributed by atoms with Crippen molar-refractivity contribution in [2.24, 2.45) is 0 Å². The zero-order valence-electron chi connectivity index (χ0n) is 40.1. The second-order valence-electron chi connectivity index (χ2n) is 19.1. The predicted octanol–water partition coefficient (Wildman–Crippen LogP) is 16.1. The number of fused-ring (bicyclic) bond motifs is 7. The van der Waals surface area contributed by atoms with Crippen LogP contribution in [0.3, 0.4) is 0 Å². The summed E-state index contributed by atoms with van der Waals surface area (Å²) >= 11 is 0. The number of hydrogen-bond acceptors (Lipinski definition) is 4. The summed E-state index contributed by atoms with van der Waals surface area (Å²) in [6.45, 7) is 0.362. The van der Waals surface area contributed by atoms with Gasteiger partial charge in [-0.1, -0.05) is 182 Å². The SMILES string of the molecule is OCCOc1ccc2cc(C3(c4ccc5cc(OCCO)ccc5c4)c4cc(-c5ccccc5-c5ccc6ccccc6c5)ccc4-c4ccc(-c5ccccc5-c5ccc6ccccc6c5)cc43)ccc2c1. The van der Waals surface area contributed by atoms with Crippen molar-refractivity contribution in [3.63, 3.8) is 0 Å². The molecule has 1 aliphatic rings. The van der Waals surface area contributed by atoms with E-state index in [2.05, 4.69) is 231 Å². The average molecular weight is 943 g/mol. The van der Waals surface area contributed by atoms with Gasteiger partial charge in [0.2, 0.25) is 0 Å². The first kappa shape index (κ1) is 44.2. The largest absolute Gasteiger partial charge is 0.491 e. The van der Waals surface area contributed by atoms with Gasteiger partial charge in [-0.05, 0) is 182 Å². The fourth-order valence-electron chi connectivity index (χ4n) is 11.6. The molecule has 0 bridgehead atoms. The van der Waals surface area contributed by atoms with E-state index >= 15 is 0 Å². The fourth-order valence-corrected chi connectivity index (χ4v) is 11.6.